The standard InChI is InChI=1S/C22H26N4O3/c1-14-7-8-15(21(28)25-17-9-10-17)12-19(14)23-13-20(27)24-18-6-4-5-16(11-18)22(29)26(2)3/h4-8,11-12,17,23H,9-10,13H2,1-3H3,(H,24,27)(H,25,28). The second kappa shape index (κ2) is 8.77. The van der Waals surface area contributed by atoms with Gasteiger partial charge in [0.05, 0.1) is 6.54 Å². The fourth-order valence-corrected chi connectivity index (χ4v) is 2.82. The lowest BCUT2D eigenvalue weighted by molar-refractivity contribution is -0.114. The van der Waals surface area contributed by atoms with Crippen LogP contribution in [-0.2, 0) is 4.79 Å². The molecule has 1 saturated carbocycles. The average molecular weight is 394 g/mol. The second-order valence-electron chi connectivity index (χ2n) is 7.46. The first-order valence-electron chi connectivity index (χ1n) is 9.60. The van der Waals surface area contributed by atoms with Crippen LogP contribution in [0, 0.1) is 6.92 Å². The maximum atomic E-state index is 12.3. The smallest absolute Gasteiger partial charge is 0.253 e. The third-order valence-electron chi connectivity index (χ3n) is 4.65. The van der Waals surface area contributed by atoms with Crippen molar-refractivity contribution >= 4 is 29.1 Å². The van der Waals surface area contributed by atoms with E-state index in [0.29, 0.717) is 22.9 Å². The molecule has 0 spiro atoms. The molecule has 1 aliphatic rings. The molecule has 3 N–H and O–H groups in total. The summed E-state index contributed by atoms with van der Waals surface area (Å²) in [5.41, 5.74) is 3.31. The van der Waals surface area contributed by atoms with Gasteiger partial charge in [0.25, 0.3) is 11.8 Å². The number of rotatable bonds is 7. The minimum atomic E-state index is -0.244. The fourth-order valence-electron chi connectivity index (χ4n) is 2.82. The molecule has 3 amide bonds. The van der Waals surface area contributed by atoms with Crippen molar-refractivity contribution in [2.75, 3.05) is 31.3 Å². The SMILES string of the molecule is Cc1ccc(C(=O)NC2CC2)cc1NCC(=O)Nc1cccc(C(=O)N(C)C)c1. The summed E-state index contributed by atoms with van der Waals surface area (Å²) in [7, 11) is 3.36. The molecule has 1 aliphatic carbocycles. The maximum absolute atomic E-state index is 12.3. The van der Waals surface area contributed by atoms with Gasteiger partial charge in [-0.05, 0) is 55.7 Å². The van der Waals surface area contributed by atoms with E-state index in [0.717, 1.165) is 24.1 Å². The number of nitrogens with one attached hydrogen (secondary N) is 3. The summed E-state index contributed by atoms with van der Waals surface area (Å²) in [6, 6.07) is 12.5. The number of aryl methyl sites for hydroxylation is 1. The molecule has 7 nitrogen and oxygen atoms in total. The van der Waals surface area contributed by atoms with Crippen LogP contribution in [0.2, 0.25) is 0 Å². The van der Waals surface area contributed by atoms with Gasteiger partial charge in [-0.25, -0.2) is 0 Å². The first kappa shape index (κ1) is 20.4. The van der Waals surface area contributed by atoms with E-state index < -0.39 is 0 Å². The number of carbonyl (C=O) groups is 3. The molecule has 3 rings (SSSR count). The molecule has 2 aromatic rings. The zero-order chi connectivity index (χ0) is 21.0. The molecule has 2 aromatic carbocycles. The Balaban J connectivity index is 1.60. The van der Waals surface area contributed by atoms with Crippen LogP contribution in [0.4, 0.5) is 11.4 Å². The normalized spacial score (nSPS) is 12.8. The summed E-state index contributed by atoms with van der Waals surface area (Å²) in [5.74, 6) is -0.467. The molecular weight excluding hydrogens is 368 g/mol. The van der Waals surface area contributed by atoms with Gasteiger partial charge in [0, 0.05) is 42.6 Å². The molecule has 7 heteroatoms. The number of carbonyl (C=O) groups excluding carboxylic acids is 3. The second-order valence-corrected chi connectivity index (χ2v) is 7.46. The van der Waals surface area contributed by atoms with E-state index in [4.69, 9.17) is 0 Å². The van der Waals surface area contributed by atoms with E-state index in [1.807, 2.05) is 13.0 Å². The molecule has 0 heterocycles. The molecule has 29 heavy (non-hydrogen) atoms. The molecule has 0 bridgehead atoms. The number of nitrogens with zero attached hydrogens (tertiary/aromatic N) is 1. The van der Waals surface area contributed by atoms with Crippen molar-refractivity contribution in [2.24, 2.45) is 0 Å². The Labute approximate surface area is 170 Å². The van der Waals surface area contributed by atoms with E-state index >= 15 is 0 Å². The lowest BCUT2D eigenvalue weighted by Gasteiger charge is -2.13. The third-order valence-corrected chi connectivity index (χ3v) is 4.65. The number of anilines is 2. The highest BCUT2D eigenvalue weighted by Gasteiger charge is 2.24. The maximum Gasteiger partial charge on any atom is 0.253 e. The Bertz CT molecular complexity index is 935. The molecule has 0 aromatic heterocycles. The summed E-state index contributed by atoms with van der Waals surface area (Å²) in [4.78, 5) is 38.1. The van der Waals surface area contributed by atoms with E-state index in [9.17, 15) is 14.4 Å². The van der Waals surface area contributed by atoms with E-state index in [-0.39, 0.29) is 24.3 Å². The average Bonchev–Trinajstić information content (AvgIpc) is 3.50. The zero-order valence-corrected chi connectivity index (χ0v) is 16.9. The van der Waals surface area contributed by atoms with Gasteiger partial charge in [-0.1, -0.05) is 12.1 Å². The number of amides is 3. The van der Waals surface area contributed by atoms with E-state index in [1.54, 1.807) is 50.5 Å². The summed E-state index contributed by atoms with van der Waals surface area (Å²) >= 11 is 0. The van der Waals surface area contributed by atoms with Crippen molar-refractivity contribution in [3.8, 4) is 0 Å². The van der Waals surface area contributed by atoms with Crippen LogP contribution in [0.1, 0.15) is 39.1 Å². The van der Waals surface area contributed by atoms with Gasteiger partial charge in [0.1, 0.15) is 0 Å². The highest BCUT2D eigenvalue weighted by Crippen LogP contribution is 2.21. The fraction of sp³-hybridized carbons (Fsp3) is 0.318. The Morgan fingerprint density at radius 1 is 1.03 bits per heavy atom. The predicted molar refractivity (Wildman–Crippen MR) is 113 cm³/mol. The predicted octanol–water partition coefficient (Wildman–Crippen LogP) is 2.64. The van der Waals surface area contributed by atoms with Crippen molar-refractivity contribution < 1.29 is 14.4 Å². The molecule has 0 unspecified atom stereocenters. The molecule has 1 fully saturated rings. The van der Waals surface area contributed by atoms with Crippen LogP contribution in [0.3, 0.4) is 0 Å². The van der Waals surface area contributed by atoms with Crippen molar-refractivity contribution in [1.82, 2.24) is 10.2 Å². The Morgan fingerprint density at radius 3 is 2.48 bits per heavy atom. The van der Waals surface area contributed by atoms with Crippen LogP contribution in [-0.4, -0.2) is 49.3 Å². The lowest BCUT2D eigenvalue weighted by Crippen LogP contribution is -2.26. The highest BCUT2D eigenvalue weighted by molar-refractivity contribution is 5.98. The lowest BCUT2D eigenvalue weighted by atomic mass is 10.1. The van der Waals surface area contributed by atoms with Gasteiger partial charge >= 0.3 is 0 Å². The van der Waals surface area contributed by atoms with Gasteiger partial charge < -0.3 is 20.9 Å². The van der Waals surface area contributed by atoms with Crippen molar-refractivity contribution in [3.05, 3.63) is 59.2 Å². The Hall–Kier alpha value is -3.35. The topological polar surface area (TPSA) is 90.5 Å². The zero-order valence-electron chi connectivity index (χ0n) is 16.9. The third kappa shape index (κ3) is 5.57. The Kier molecular flexibility index (Phi) is 6.16. The van der Waals surface area contributed by atoms with Gasteiger partial charge in [-0.15, -0.1) is 0 Å². The highest BCUT2D eigenvalue weighted by atomic mass is 16.2. The van der Waals surface area contributed by atoms with Gasteiger partial charge in [-0.2, -0.15) is 0 Å². The first-order chi connectivity index (χ1) is 13.8. The first-order valence-corrected chi connectivity index (χ1v) is 9.60. The number of hydrogen-bond acceptors (Lipinski definition) is 4. The molecule has 0 atom stereocenters. The van der Waals surface area contributed by atoms with E-state index in [1.165, 1.54) is 4.90 Å². The van der Waals surface area contributed by atoms with Crippen LogP contribution in [0.15, 0.2) is 42.5 Å². The molecule has 0 radical (unpaired) electrons. The number of benzene rings is 2. The summed E-state index contributed by atoms with van der Waals surface area (Å²) < 4.78 is 0. The number of hydrogen-bond donors (Lipinski definition) is 3. The molecular formula is C22H26N4O3. The quantitative estimate of drug-likeness (QED) is 0.673. The summed E-state index contributed by atoms with van der Waals surface area (Å²) in [5, 5.41) is 8.83. The minimum absolute atomic E-state index is 0.0421. The largest absolute Gasteiger partial charge is 0.376 e. The van der Waals surface area contributed by atoms with Crippen LogP contribution < -0.4 is 16.0 Å². The molecule has 0 saturated heterocycles. The monoisotopic (exact) mass is 394 g/mol. The summed E-state index contributed by atoms with van der Waals surface area (Å²) in [6.45, 7) is 1.96. The summed E-state index contributed by atoms with van der Waals surface area (Å²) in [6.07, 6.45) is 2.06. The Morgan fingerprint density at radius 2 is 1.79 bits per heavy atom. The van der Waals surface area contributed by atoms with Crippen LogP contribution in [0.25, 0.3) is 0 Å². The van der Waals surface area contributed by atoms with Gasteiger partial charge in [0.15, 0.2) is 0 Å². The van der Waals surface area contributed by atoms with Crippen LogP contribution in [0.5, 0.6) is 0 Å². The van der Waals surface area contributed by atoms with Gasteiger partial charge in [-0.3, -0.25) is 14.4 Å². The van der Waals surface area contributed by atoms with E-state index in [2.05, 4.69) is 16.0 Å². The van der Waals surface area contributed by atoms with Crippen LogP contribution >= 0.6 is 0 Å². The van der Waals surface area contributed by atoms with Crippen molar-refractivity contribution in [2.45, 2.75) is 25.8 Å². The molecule has 0 aliphatic heterocycles. The molecule has 152 valence electrons. The van der Waals surface area contributed by atoms with Crippen molar-refractivity contribution in [1.29, 1.82) is 0 Å². The van der Waals surface area contributed by atoms with Gasteiger partial charge in [0.2, 0.25) is 5.91 Å². The minimum Gasteiger partial charge on any atom is -0.376 e. The van der Waals surface area contributed by atoms with Crippen molar-refractivity contribution in [3.63, 3.8) is 0 Å².